The smallest absolute Gasteiger partial charge is 0.240 e. The van der Waals surface area contributed by atoms with Crippen LogP contribution in [0.15, 0.2) is 53.7 Å². The SMILES string of the molecule is NCc1cccc(S(=O)(=O)NCc2ccncc2)c1. The fourth-order valence-corrected chi connectivity index (χ4v) is 2.69. The minimum atomic E-state index is -3.52. The molecule has 3 N–H and O–H groups in total. The van der Waals surface area contributed by atoms with Crippen LogP contribution in [0.2, 0.25) is 0 Å². The van der Waals surface area contributed by atoms with Crippen LogP contribution in [0.25, 0.3) is 0 Å². The third kappa shape index (κ3) is 3.60. The lowest BCUT2D eigenvalue weighted by Crippen LogP contribution is -2.23. The summed E-state index contributed by atoms with van der Waals surface area (Å²) < 4.78 is 26.8. The number of nitrogens with one attached hydrogen (secondary N) is 1. The summed E-state index contributed by atoms with van der Waals surface area (Å²) in [4.78, 5) is 4.11. The van der Waals surface area contributed by atoms with Crippen molar-refractivity contribution in [2.75, 3.05) is 0 Å². The van der Waals surface area contributed by atoms with Crippen molar-refractivity contribution in [2.45, 2.75) is 18.0 Å². The fraction of sp³-hybridized carbons (Fsp3) is 0.154. The van der Waals surface area contributed by atoms with Crippen molar-refractivity contribution in [1.29, 1.82) is 0 Å². The predicted octanol–water partition coefficient (Wildman–Crippen LogP) is 1.02. The Hall–Kier alpha value is -1.76. The van der Waals surface area contributed by atoms with Crippen molar-refractivity contribution in [1.82, 2.24) is 9.71 Å². The second kappa shape index (κ2) is 5.92. The lowest BCUT2D eigenvalue weighted by Gasteiger charge is -2.07. The topological polar surface area (TPSA) is 85.1 Å². The van der Waals surface area contributed by atoms with E-state index in [1.54, 1.807) is 48.8 Å². The molecule has 0 aliphatic rings. The van der Waals surface area contributed by atoms with E-state index < -0.39 is 10.0 Å². The molecule has 0 spiro atoms. The first-order valence-corrected chi connectivity index (χ1v) is 7.28. The highest BCUT2D eigenvalue weighted by Gasteiger charge is 2.13. The summed E-state index contributed by atoms with van der Waals surface area (Å²) in [6, 6.07) is 10.1. The van der Waals surface area contributed by atoms with Gasteiger partial charge in [-0.05, 0) is 35.4 Å². The number of hydrogen-bond donors (Lipinski definition) is 2. The molecule has 1 aromatic heterocycles. The summed E-state index contributed by atoms with van der Waals surface area (Å²) in [5, 5.41) is 0. The summed E-state index contributed by atoms with van der Waals surface area (Å²) in [5.74, 6) is 0. The lowest BCUT2D eigenvalue weighted by molar-refractivity contribution is 0.581. The van der Waals surface area contributed by atoms with Crippen LogP contribution in [-0.4, -0.2) is 13.4 Å². The number of nitrogens with zero attached hydrogens (tertiary/aromatic N) is 1. The standard InChI is InChI=1S/C13H15N3O2S/c14-9-12-2-1-3-13(8-12)19(17,18)16-10-11-4-6-15-7-5-11/h1-8,16H,9-10,14H2. The van der Waals surface area contributed by atoms with Crippen LogP contribution in [-0.2, 0) is 23.1 Å². The van der Waals surface area contributed by atoms with Gasteiger partial charge in [0.1, 0.15) is 0 Å². The summed E-state index contributed by atoms with van der Waals surface area (Å²) in [6.07, 6.45) is 3.25. The van der Waals surface area contributed by atoms with Crippen LogP contribution in [0.4, 0.5) is 0 Å². The number of pyridine rings is 1. The highest BCUT2D eigenvalue weighted by Crippen LogP contribution is 2.11. The number of nitrogens with two attached hydrogens (primary N) is 1. The van der Waals surface area contributed by atoms with Gasteiger partial charge in [-0.1, -0.05) is 12.1 Å². The second-order valence-electron chi connectivity index (χ2n) is 4.03. The van der Waals surface area contributed by atoms with E-state index in [1.807, 2.05) is 0 Å². The van der Waals surface area contributed by atoms with E-state index >= 15 is 0 Å². The van der Waals surface area contributed by atoms with Gasteiger partial charge in [0.2, 0.25) is 10.0 Å². The van der Waals surface area contributed by atoms with E-state index in [0.717, 1.165) is 11.1 Å². The third-order valence-electron chi connectivity index (χ3n) is 2.66. The molecule has 0 atom stereocenters. The van der Waals surface area contributed by atoms with Gasteiger partial charge < -0.3 is 5.73 Å². The van der Waals surface area contributed by atoms with Gasteiger partial charge in [-0.3, -0.25) is 4.98 Å². The predicted molar refractivity (Wildman–Crippen MR) is 72.6 cm³/mol. The zero-order chi connectivity index (χ0) is 13.7. The maximum absolute atomic E-state index is 12.1. The first-order chi connectivity index (χ1) is 9.12. The Labute approximate surface area is 112 Å². The van der Waals surface area contributed by atoms with Gasteiger partial charge in [-0.15, -0.1) is 0 Å². The van der Waals surface area contributed by atoms with Crippen LogP contribution < -0.4 is 10.5 Å². The highest BCUT2D eigenvalue weighted by atomic mass is 32.2. The van der Waals surface area contributed by atoms with Gasteiger partial charge >= 0.3 is 0 Å². The molecule has 0 aliphatic carbocycles. The molecule has 2 rings (SSSR count). The Morgan fingerprint density at radius 1 is 1.11 bits per heavy atom. The molecule has 2 aromatic rings. The normalized spacial score (nSPS) is 11.4. The van der Waals surface area contributed by atoms with Crippen LogP contribution in [0, 0.1) is 0 Å². The van der Waals surface area contributed by atoms with Crippen molar-refractivity contribution in [3.05, 3.63) is 59.9 Å². The molecule has 19 heavy (non-hydrogen) atoms. The Bertz CT molecular complexity index is 642. The van der Waals surface area contributed by atoms with Gasteiger partial charge in [-0.2, -0.15) is 0 Å². The lowest BCUT2D eigenvalue weighted by atomic mass is 10.2. The Kier molecular flexibility index (Phi) is 4.26. The zero-order valence-electron chi connectivity index (χ0n) is 10.3. The summed E-state index contributed by atoms with van der Waals surface area (Å²) in [5.41, 5.74) is 7.14. The third-order valence-corrected chi connectivity index (χ3v) is 4.06. The van der Waals surface area contributed by atoms with E-state index in [0.29, 0.717) is 6.54 Å². The van der Waals surface area contributed by atoms with Gasteiger partial charge in [0.05, 0.1) is 4.90 Å². The Balaban J connectivity index is 2.14. The molecule has 0 radical (unpaired) electrons. The monoisotopic (exact) mass is 277 g/mol. The van der Waals surface area contributed by atoms with Gasteiger partial charge in [0.25, 0.3) is 0 Å². The Morgan fingerprint density at radius 2 is 1.84 bits per heavy atom. The molecule has 1 heterocycles. The minimum Gasteiger partial charge on any atom is -0.326 e. The van der Waals surface area contributed by atoms with Crippen LogP contribution >= 0.6 is 0 Å². The number of sulfonamides is 1. The molecular formula is C13H15N3O2S. The largest absolute Gasteiger partial charge is 0.326 e. The number of rotatable bonds is 5. The van der Waals surface area contributed by atoms with E-state index in [2.05, 4.69) is 9.71 Å². The van der Waals surface area contributed by atoms with E-state index in [9.17, 15) is 8.42 Å². The highest BCUT2D eigenvalue weighted by molar-refractivity contribution is 7.89. The van der Waals surface area contributed by atoms with Crippen molar-refractivity contribution >= 4 is 10.0 Å². The summed E-state index contributed by atoms with van der Waals surface area (Å²) in [7, 11) is -3.52. The van der Waals surface area contributed by atoms with Crippen LogP contribution in [0.1, 0.15) is 11.1 Å². The molecular weight excluding hydrogens is 262 g/mol. The Morgan fingerprint density at radius 3 is 2.53 bits per heavy atom. The first-order valence-electron chi connectivity index (χ1n) is 5.79. The molecule has 0 bridgehead atoms. The molecule has 100 valence electrons. The average molecular weight is 277 g/mol. The minimum absolute atomic E-state index is 0.226. The molecule has 1 aromatic carbocycles. The van der Waals surface area contributed by atoms with E-state index in [4.69, 9.17) is 5.73 Å². The number of hydrogen-bond acceptors (Lipinski definition) is 4. The molecule has 0 aliphatic heterocycles. The number of benzene rings is 1. The van der Waals surface area contributed by atoms with Crippen LogP contribution in [0.3, 0.4) is 0 Å². The van der Waals surface area contributed by atoms with Crippen molar-refractivity contribution in [2.24, 2.45) is 5.73 Å². The van der Waals surface area contributed by atoms with E-state index in [1.165, 1.54) is 0 Å². The molecule has 6 heteroatoms. The van der Waals surface area contributed by atoms with Crippen molar-refractivity contribution in [3.63, 3.8) is 0 Å². The second-order valence-corrected chi connectivity index (χ2v) is 5.80. The maximum atomic E-state index is 12.1. The fourth-order valence-electron chi connectivity index (χ4n) is 1.60. The molecule has 0 unspecified atom stereocenters. The first kappa shape index (κ1) is 13.7. The van der Waals surface area contributed by atoms with Crippen molar-refractivity contribution < 1.29 is 8.42 Å². The summed E-state index contributed by atoms with van der Waals surface area (Å²) >= 11 is 0. The molecule has 0 fully saturated rings. The van der Waals surface area contributed by atoms with Crippen molar-refractivity contribution in [3.8, 4) is 0 Å². The average Bonchev–Trinajstić information content (AvgIpc) is 2.46. The van der Waals surface area contributed by atoms with Gasteiger partial charge in [-0.25, -0.2) is 13.1 Å². The zero-order valence-corrected chi connectivity index (χ0v) is 11.1. The van der Waals surface area contributed by atoms with Gasteiger partial charge in [0.15, 0.2) is 0 Å². The van der Waals surface area contributed by atoms with Gasteiger partial charge in [0, 0.05) is 25.5 Å². The summed E-state index contributed by atoms with van der Waals surface area (Å²) in [6.45, 7) is 0.547. The molecule has 5 nitrogen and oxygen atoms in total. The van der Waals surface area contributed by atoms with E-state index in [-0.39, 0.29) is 11.4 Å². The molecule has 0 saturated heterocycles. The number of aromatic nitrogens is 1. The quantitative estimate of drug-likeness (QED) is 0.854. The maximum Gasteiger partial charge on any atom is 0.240 e. The molecule has 0 amide bonds. The molecule has 0 saturated carbocycles. The van der Waals surface area contributed by atoms with Crippen LogP contribution in [0.5, 0.6) is 0 Å².